The molecule has 1 N–H and O–H groups in total. The summed E-state index contributed by atoms with van der Waals surface area (Å²) in [5.41, 5.74) is 5.10. The van der Waals surface area contributed by atoms with Gasteiger partial charge in [0.25, 0.3) is 5.91 Å². The number of rotatable bonds is 3. The van der Waals surface area contributed by atoms with E-state index in [1.165, 1.54) is 23.9 Å². The third-order valence-electron chi connectivity index (χ3n) is 4.17. The molecule has 0 atom stereocenters. The summed E-state index contributed by atoms with van der Waals surface area (Å²) >= 11 is 0. The SMILES string of the molecule is O=C(Nc1ccc2c(c1)CCC2)c1ccc(-n2cncn2)cc1. The van der Waals surface area contributed by atoms with Crippen molar-refractivity contribution >= 4 is 11.6 Å². The van der Waals surface area contributed by atoms with Gasteiger partial charge in [0, 0.05) is 11.3 Å². The van der Waals surface area contributed by atoms with Gasteiger partial charge >= 0.3 is 0 Å². The Balaban J connectivity index is 1.51. The minimum atomic E-state index is -0.104. The lowest BCUT2D eigenvalue weighted by Gasteiger charge is -2.08. The third-order valence-corrected chi connectivity index (χ3v) is 4.17. The van der Waals surface area contributed by atoms with Gasteiger partial charge in [0.1, 0.15) is 12.7 Å². The van der Waals surface area contributed by atoms with E-state index < -0.39 is 0 Å². The van der Waals surface area contributed by atoms with Gasteiger partial charge in [-0.1, -0.05) is 6.07 Å². The van der Waals surface area contributed by atoms with Gasteiger partial charge in [-0.25, -0.2) is 9.67 Å². The molecule has 1 aliphatic carbocycles. The molecule has 2 aromatic carbocycles. The van der Waals surface area contributed by atoms with E-state index in [0.29, 0.717) is 5.56 Å². The molecule has 23 heavy (non-hydrogen) atoms. The maximum absolute atomic E-state index is 12.4. The Hall–Kier alpha value is -2.95. The average Bonchev–Trinajstić information content (AvgIpc) is 3.26. The highest BCUT2D eigenvalue weighted by molar-refractivity contribution is 6.04. The largest absolute Gasteiger partial charge is 0.322 e. The maximum atomic E-state index is 12.4. The van der Waals surface area contributed by atoms with Gasteiger partial charge in [-0.05, 0) is 66.8 Å². The third kappa shape index (κ3) is 2.73. The minimum Gasteiger partial charge on any atom is -0.322 e. The predicted octanol–water partition coefficient (Wildman–Crippen LogP) is 3.01. The van der Waals surface area contributed by atoms with Crippen LogP contribution in [-0.2, 0) is 12.8 Å². The Morgan fingerprint density at radius 2 is 1.87 bits per heavy atom. The molecule has 0 radical (unpaired) electrons. The average molecular weight is 304 g/mol. The summed E-state index contributed by atoms with van der Waals surface area (Å²) in [6.07, 6.45) is 6.56. The zero-order valence-electron chi connectivity index (χ0n) is 12.6. The number of fused-ring (bicyclic) bond motifs is 1. The number of carbonyl (C=O) groups excluding carboxylic acids is 1. The van der Waals surface area contributed by atoms with Crippen molar-refractivity contribution < 1.29 is 4.79 Å². The van der Waals surface area contributed by atoms with Crippen molar-refractivity contribution in [1.29, 1.82) is 0 Å². The molecular formula is C18H16N4O. The lowest BCUT2D eigenvalue weighted by molar-refractivity contribution is 0.102. The monoisotopic (exact) mass is 304 g/mol. The number of aromatic nitrogens is 3. The van der Waals surface area contributed by atoms with E-state index in [4.69, 9.17) is 0 Å². The Morgan fingerprint density at radius 1 is 1.04 bits per heavy atom. The van der Waals surface area contributed by atoms with Crippen LogP contribution in [0.15, 0.2) is 55.1 Å². The first-order valence-electron chi connectivity index (χ1n) is 7.68. The number of benzene rings is 2. The fourth-order valence-corrected chi connectivity index (χ4v) is 2.96. The second-order valence-electron chi connectivity index (χ2n) is 5.68. The first-order valence-corrected chi connectivity index (χ1v) is 7.68. The zero-order chi connectivity index (χ0) is 15.6. The van der Waals surface area contributed by atoms with Crippen molar-refractivity contribution in [2.24, 2.45) is 0 Å². The fourth-order valence-electron chi connectivity index (χ4n) is 2.96. The Morgan fingerprint density at radius 3 is 2.65 bits per heavy atom. The number of anilines is 1. The molecule has 5 heteroatoms. The fraction of sp³-hybridized carbons (Fsp3) is 0.167. The Labute approximate surface area is 134 Å². The molecule has 0 fully saturated rings. The van der Waals surface area contributed by atoms with Crippen LogP contribution in [0.3, 0.4) is 0 Å². The van der Waals surface area contributed by atoms with E-state index in [1.807, 2.05) is 18.2 Å². The lowest BCUT2D eigenvalue weighted by Crippen LogP contribution is -2.12. The molecule has 4 rings (SSSR count). The van der Waals surface area contributed by atoms with Gasteiger partial charge in [-0.15, -0.1) is 0 Å². The molecule has 5 nitrogen and oxygen atoms in total. The molecule has 1 heterocycles. The number of hydrogen-bond donors (Lipinski definition) is 1. The molecule has 0 unspecified atom stereocenters. The number of nitrogens with zero attached hydrogens (tertiary/aromatic N) is 3. The highest BCUT2D eigenvalue weighted by Crippen LogP contribution is 2.25. The van der Waals surface area contributed by atoms with Crippen molar-refractivity contribution in [2.75, 3.05) is 5.32 Å². The molecule has 0 aliphatic heterocycles. The first-order chi connectivity index (χ1) is 11.3. The molecule has 3 aromatic rings. The van der Waals surface area contributed by atoms with Crippen LogP contribution >= 0.6 is 0 Å². The summed E-state index contributed by atoms with van der Waals surface area (Å²) in [6, 6.07) is 13.5. The second-order valence-corrected chi connectivity index (χ2v) is 5.68. The van der Waals surface area contributed by atoms with Gasteiger partial charge in [0.2, 0.25) is 0 Å². The van der Waals surface area contributed by atoms with Crippen molar-refractivity contribution in [3.8, 4) is 5.69 Å². The molecule has 0 bridgehead atoms. The quantitative estimate of drug-likeness (QED) is 0.809. The van der Waals surface area contributed by atoms with E-state index in [9.17, 15) is 4.79 Å². The summed E-state index contributed by atoms with van der Waals surface area (Å²) in [7, 11) is 0. The van der Waals surface area contributed by atoms with E-state index in [2.05, 4.69) is 27.5 Å². The predicted molar refractivity (Wildman–Crippen MR) is 87.8 cm³/mol. The van der Waals surface area contributed by atoms with Gasteiger partial charge in [0.05, 0.1) is 5.69 Å². The van der Waals surface area contributed by atoms with Gasteiger partial charge < -0.3 is 5.32 Å². The normalized spacial score (nSPS) is 12.9. The van der Waals surface area contributed by atoms with Crippen LogP contribution in [0, 0.1) is 0 Å². The van der Waals surface area contributed by atoms with Crippen LogP contribution in [-0.4, -0.2) is 20.7 Å². The van der Waals surface area contributed by atoms with Crippen LogP contribution in [0.2, 0.25) is 0 Å². The molecule has 114 valence electrons. The van der Waals surface area contributed by atoms with E-state index >= 15 is 0 Å². The number of carbonyl (C=O) groups is 1. The summed E-state index contributed by atoms with van der Waals surface area (Å²) < 4.78 is 1.65. The highest BCUT2D eigenvalue weighted by atomic mass is 16.1. The van der Waals surface area contributed by atoms with Gasteiger partial charge in [-0.3, -0.25) is 4.79 Å². The number of nitrogens with one attached hydrogen (secondary N) is 1. The van der Waals surface area contributed by atoms with Crippen LogP contribution in [0.4, 0.5) is 5.69 Å². The standard InChI is InChI=1S/C18H16N4O/c23-18(21-16-7-4-13-2-1-3-15(13)10-16)14-5-8-17(9-6-14)22-12-19-11-20-22/h4-12H,1-3H2,(H,21,23). The summed E-state index contributed by atoms with van der Waals surface area (Å²) in [6.45, 7) is 0. The smallest absolute Gasteiger partial charge is 0.255 e. The van der Waals surface area contributed by atoms with Crippen LogP contribution in [0.25, 0.3) is 5.69 Å². The zero-order valence-corrected chi connectivity index (χ0v) is 12.6. The topological polar surface area (TPSA) is 59.8 Å². The van der Waals surface area contributed by atoms with E-state index in [-0.39, 0.29) is 5.91 Å². The summed E-state index contributed by atoms with van der Waals surface area (Å²) in [4.78, 5) is 16.3. The number of hydrogen-bond acceptors (Lipinski definition) is 3. The van der Waals surface area contributed by atoms with Crippen LogP contribution in [0.5, 0.6) is 0 Å². The Bertz CT molecular complexity index is 838. The van der Waals surface area contributed by atoms with E-state index in [0.717, 1.165) is 24.2 Å². The maximum Gasteiger partial charge on any atom is 0.255 e. The molecule has 1 aliphatic rings. The van der Waals surface area contributed by atoms with Gasteiger partial charge in [0.15, 0.2) is 0 Å². The molecule has 1 amide bonds. The van der Waals surface area contributed by atoms with Gasteiger partial charge in [-0.2, -0.15) is 5.10 Å². The minimum absolute atomic E-state index is 0.104. The Kier molecular flexibility index (Phi) is 3.38. The van der Waals surface area contributed by atoms with Crippen molar-refractivity contribution in [2.45, 2.75) is 19.3 Å². The lowest BCUT2D eigenvalue weighted by atomic mass is 10.1. The number of aryl methyl sites for hydroxylation is 2. The van der Waals surface area contributed by atoms with Crippen LogP contribution < -0.4 is 5.32 Å². The molecular weight excluding hydrogens is 288 g/mol. The molecule has 1 aromatic heterocycles. The molecule has 0 saturated heterocycles. The van der Waals surface area contributed by atoms with Crippen molar-refractivity contribution in [3.05, 3.63) is 71.8 Å². The van der Waals surface area contributed by atoms with E-state index in [1.54, 1.807) is 23.1 Å². The van der Waals surface area contributed by atoms with Crippen molar-refractivity contribution in [1.82, 2.24) is 14.8 Å². The molecule has 0 saturated carbocycles. The summed E-state index contributed by atoms with van der Waals surface area (Å²) in [5.74, 6) is -0.104. The summed E-state index contributed by atoms with van der Waals surface area (Å²) in [5, 5.41) is 7.04. The second kappa shape index (κ2) is 5.68. The highest BCUT2D eigenvalue weighted by Gasteiger charge is 2.12. The van der Waals surface area contributed by atoms with Crippen LogP contribution in [0.1, 0.15) is 27.9 Å². The first kappa shape index (κ1) is 13.7. The number of amides is 1. The van der Waals surface area contributed by atoms with Crippen molar-refractivity contribution in [3.63, 3.8) is 0 Å². The molecule has 0 spiro atoms.